The summed E-state index contributed by atoms with van der Waals surface area (Å²) in [6, 6.07) is 1.90. The molecule has 1 amide bonds. The van der Waals surface area contributed by atoms with Crippen LogP contribution in [0.25, 0.3) is 0 Å². The van der Waals surface area contributed by atoms with E-state index in [4.69, 9.17) is 10.3 Å². The predicted octanol–water partition coefficient (Wildman–Crippen LogP) is 1.40. The molecule has 0 aromatic carbocycles. The number of aryl methyl sites for hydroxylation is 1. The molecule has 0 saturated carbocycles. The number of hydrogen-bond acceptors (Lipinski definition) is 5. The zero-order chi connectivity index (χ0) is 14.0. The van der Waals surface area contributed by atoms with Crippen molar-refractivity contribution in [1.29, 1.82) is 0 Å². The summed E-state index contributed by atoms with van der Waals surface area (Å²) < 4.78 is 4.91. The number of likely N-dealkylation sites (tertiary alicyclic amines) is 1. The maximum absolute atomic E-state index is 11.9. The summed E-state index contributed by atoms with van der Waals surface area (Å²) >= 11 is 0. The molecule has 20 heavy (non-hydrogen) atoms. The van der Waals surface area contributed by atoms with Crippen LogP contribution in [-0.4, -0.2) is 41.6 Å². The Balaban J connectivity index is 0.00000200. The number of nitrogens with zero attached hydrogens (tertiary/aromatic N) is 2. The summed E-state index contributed by atoms with van der Waals surface area (Å²) in [6.45, 7) is 8.12. The van der Waals surface area contributed by atoms with E-state index >= 15 is 0 Å². The van der Waals surface area contributed by atoms with Crippen molar-refractivity contribution >= 4 is 24.1 Å². The first-order valence-corrected chi connectivity index (χ1v) is 6.58. The molecule has 1 aliphatic rings. The molecule has 3 N–H and O–H groups in total. The first kappa shape index (κ1) is 16.9. The molecule has 1 aliphatic heterocycles. The van der Waals surface area contributed by atoms with E-state index in [1.165, 1.54) is 0 Å². The molecule has 114 valence electrons. The van der Waals surface area contributed by atoms with Gasteiger partial charge in [0.15, 0.2) is 5.82 Å². The third-order valence-corrected chi connectivity index (χ3v) is 3.65. The van der Waals surface area contributed by atoms with Gasteiger partial charge in [0.25, 0.3) is 0 Å². The summed E-state index contributed by atoms with van der Waals surface area (Å²) in [6.07, 6.45) is 0.920. The third-order valence-electron chi connectivity index (χ3n) is 3.65. The molecule has 1 saturated heterocycles. The number of piperidine rings is 1. The molecule has 1 fully saturated rings. The standard InChI is InChI=1S/C13H22N4O2.ClH/c1-9-6-11(16-19-9)15-12(18)7-17-5-4-10(14)13(2,3)8-17;/h6,10H,4-5,7-8,14H2,1-3H3,(H,15,16,18);1H. The van der Waals surface area contributed by atoms with Crippen LogP contribution in [0, 0.1) is 12.3 Å². The van der Waals surface area contributed by atoms with Crippen molar-refractivity contribution in [2.75, 3.05) is 25.0 Å². The molecule has 1 aromatic rings. The fraction of sp³-hybridized carbons (Fsp3) is 0.692. The maximum Gasteiger partial charge on any atom is 0.239 e. The topological polar surface area (TPSA) is 84.4 Å². The fourth-order valence-electron chi connectivity index (χ4n) is 2.43. The summed E-state index contributed by atoms with van der Waals surface area (Å²) in [4.78, 5) is 14.0. The Hall–Kier alpha value is -1.11. The predicted molar refractivity (Wildman–Crippen MR) is 79.9 cm³/mol. The van der Waals surface area contributed by atoms with Crippen molar-refractivity contribution < 1.29 is 9.32 Å². The molecule has 0 spiro atoms. The first-order valence-electron chi connectivity index (χ1n) is 6.58. The quantitative estimate of drug-likeness (QED) is 0.882. The van der Waals surface area contributed by atoms with Crippen molar-refractivity contribution in [3.63, 3.8) is 0 Å². The van der Waals surface area contributed by atoms with E-state index in [-0.39, 0.29) is 29.8 Å². The molecule has 2 heterocycles. The highest BCUT2D eigenvalue weighted by Gasteiger charge is 2.33. The normalized spacial score (nSPS) is 22.1. The zero-order valence-electron chi connectivity index (χ0n) is 12.2. The number of amides is 1. The van der Waals surface area contributed by atoms with Crippen molar-refractivity contribution in [1.82, 2.24) is 10.1 Å². The molecule has 2 rings (SSSR count). The lowest BCUT2D eigenvalue weighted by Gasteiger charge is -2.42. The smallest absolute Gasteiger partial charge is 0.239 e. The number of halogens is 1. The summed E-state index contributed by atoms with van der Waals surface area (Å²) in [5.41, 5.74) is 6.13. The Labute approximate surface area is 125 Å². The van der Waals surface area contributed by atoms with Gasteiger partial charge in [0.1, 0.15) is 5.76 Å². The van der Waals surface area contributed by atoms with Gasteiger partial charge in [0, 0.05) is 25.2 Å². The van der Waals surface area contributed by atoms with Gasteiger partial charge in [0.05, 0.1) is 6.54 Å². The van der Waals surface area contributed by atoms with Crippen LogP contribution in [0.3, 0.4) is 0 Å². The number of hydrogen-bond donors (Lipinski definition) is 2. The third kappa shape index (κ3) is 4.19. The number of carbonyl (C=O) groups is 1. The van der Waals surface area contributed by atoms with E-state index < -0.39 is 0 Å². The van der Waals surface area contributed by atoms with Crippen LogP contribution in [0.5, 0.6) is 0 Å². The Morgan fingerprint density at radius 3 is 2.90 bits per heavy atom. The maximum atomic E-state index is 11.9. The molecule has 6 nitrogen and oxygen atoms in total. The molecule has 0 radical (unpaired) electrons. The van der Waals surface area contributed by atoms with E-state index in [9.17, 15) is 4.79 Å². The number of carbonyl (C=O) groups excluding carboxylic acids is 1. The minimum absolute atomic E-state index is 0. The van der Waals surface area contributed by atoms with Crippen LogP contribution < -0.4 is 11.1 Å². The Morgan fingerprint density at radius 2 is 2.35 bits per heavy atom. The largest absolute Gasteiger partial charge is 0.360 e. The Morgan fingerprint density at radius 1 is 1.65 bits per heavy atom. The monoisotopic (exact) mass is 302 g/mol. The minimum Gasteiger partial charge on any atom is -0.360 e. The van der Waals surface area contributed by atoms with Gasteiger partial charge in [-0.3, -0.25) is 9.69 Å². The average molecular weight is 303 g/mol. The van der Waals surface area contributed by atoms with Crippen molar-refractivity contribution in [3.8, 4) is 0 Å². The highest BCUT2D eigenvalue weighted by atomic mass is 35.5. The van der Waals surface area contributed by atoms with Gasteiger partial charge in [-0.1, -0.05) is 19.0 Å². The Bertz CT molecular complexity index is 461. The summed E-state index contributed by atoms with van der Waals surface area (Å²) in [5, 5.41) is 6.48. The van der Waals surface area contributed by atoms with E-state index in [0.717, 1.165) is 19.5 Å². The fourth-order valence-corrected chi connectivity index (χ4v) is 2.43. The van der Waals surface area contributed by atoms with Crippen LogP contribution in [0.15, 0.2) is 10.6 Å². The number of nitrogens with one attached hydrogen (secondary N) is 1. The highest BCUT2D eigenvalue weighted by Crippen LogP contribution is 2.27. The van der Waals surface area contributed by atoms with Crippen molar-refractivity contribution in [2.45, 2.75) is 33.2 Å². The average Bonchev–Trinajstić information content (AvgIpc) is 2.69. The van der Waals surface area contributed by atoms with E-state index in [1.807, 2.05) is 0 Å². The van der Waals surface area contributed by atoms with Gasteiger partial charge in [-0.25, -0.2) is 0 Å². The lowest BCUT2D eigenvalue weighted by atomic mass is 9.80. The molecular weight excluding hydrogens is 280 g/mol. The summed E-state index contributed by atoms with van der Waals surface area (Å²) in [5.74, 6) is 1.08. The zero-order valence-corrected chi connectivity index (χ0v) is 13.0. The number of aromatic nitrogens is 1. The van der Waals surface area contributed by atoms with Crippen LogP contribution in [-0.2, 0) is 4.79 Å². The second-order valence-electron chi connectivity index (χ2n) is 5.97. The summed E-state index contributed by atoms with van der Waals surface area (Å²) in [7, 11) is 0. The van der Waals surface area contributed by atoms with Gasteiger partial charge in [-0.15, -0.1) is 12.4 Å². The van der Waals surface area contributed by atoms with Crippen LogP contribution in [0.2, 0.25) is 0 Å². The highest BCUT2D eigenvalue weighted by molar-refractivity contribution is 5.91. The van der Waals surface area contributed by atoms with Gasteiger partial charge in [-0.2, -0.15) is 0 Å². The van der Waals surface area contributed by atoms with Crippen LogP contribution in [0.4, 0.5) is 5.82 Å². The van der Waals surface area contributed by atoms with Gasteiger partial charge < -0.3 is 15.6 Å². The first-order chi connectivity index (χ1) is 8.87. The van der Waals surface area contributed by atoms with Gasteiger partial charge in [0.2, 0.25) is 5.91 Å². The lowest BCUT2D eigenvalue weighted by molar-refractivity contribution is -0.118. The van der Waals surface area contributed by atoms with Crippen LogP contribution >= 0.6 is 12.4 Å². The molecule has 1 atom stereocenters. The van der Waals surface area contributed by atoms with Gasteiger partial charge in [-0.05, 0) is 18.8 Å². The molecule has 1 unspecified atom stereocenters. The van der Waals surface area contributed by atoms with Crippen LogP contribution in [0.1, 0.15) is 26.0 Å². The Kier molecular flexibility index (Phi) is 5.56. The van der Waals surface area contributed by atoms with Crippen molar-refractivity contribution in [3.05, 3.63) is 11.8 Å². The molecule has 0 bridgehead atoms. The molecule has 7 heteroatoms. The van der Waals surface area contributed by atoms with E-state index in [0.29, 0.717) is 18.1 Å². The van der Waals surface area contributed by atoms with Gasteiger partial charge >= 0.3 is 0 Å². The second-order valence-corrected chi connectivity index (χ2v) is 5.97. The second kappa shape index (κ2) is 6.56. The minimum atomic E-state index is -0.0698. The number of nitrogens with two attached hydrogens (primary N) is 1. The van der Waals surface area contributed by atoms with E-state index in [2.05, 4.69) is 29.2 Å². The van der Waals surface area contributed by atoms with E-state index in [1.54, 1.807) is 13.0 Å². The number of rotatable bonds is 3. The SMILES string of the molecule is Cc1cc(NC(=O)CN2CCC(N)C(C)(C)C2)no1.Cl. The molecule has 1 aromatic heterocycles. The number of anilines is 1. The molecular formula is C13H23ClN4O2. The van der Waals surface area contributed by atoms with Crippen molar-refractivity contribution in [2.24, 2.45) is 11.1 Å². The molecule has 0 aliphatic carbocycles. The lowest BCUT2D eigenvalue weighted by Crippen LogP contribution is -2.53.